The Balaban J connectivity index is 1.11. The van der Waals surface area contributed by atoms with Crippen LogP contribution in [-0.4, -0.2) is 114 Å². The standard InChI is InChI=1S/C53H64F2N6O7SSi/c1-32(2)70(33(3)4,34(5)6)24-21-41-44(54)20-17-35-13-10-16-42(45(35)41)47-46(55)48-43(27-56-47)49(59-28-36-18-19-37(29-59)61(36)51(62)68-52(7,8)9)58-50(57-48)66-31-53-22-12-23-60(53)30-39(26-53)67-38-14-11-15-40(25-38)69(63,64)65/h10-11,13-17,20,25,27,32-34,36-37,39H,12,18-19,22-23,26,28-31H2,1-9H3,(H,63,64,65)/t36-,37+,39-,53+/m1/s1. The van der Waals surface area contributed by atoms with E-state index in [-0.39, 0.29) is 58.6 Å². The second-order valence-corrected chi connectivity index (χ2v) is 28.6. The highest BCUT2D eigenvalue weighted by atomic mass is 32.2. The lowest BCUT2D eigenvalue weighted by molar-refractivity contribution is 0.0122. The average molecular weight is 995 g/mol. The van der Waals surface area contributed by atoms with Gasteiger partial charge in [0.15, 0.2) is 5.82 Å². The molecule has 4 atom stereocenters. The minimum Gasteiger partial charge on any atom is -0.489 e. The van der Waals surface area contributed by atoms with E-state index in [0.29, 0.717) is 76.0 Å². The van der Waals surface area contributed by atoms with Crippen LogP contribution in [-0.2, 0) is 14.9 Å². The van der Waals surface area contributed by atoms with Gasteiger partial charge in [-0.25, -0.2) is 13.6 Å². The van der Waals surface area contributed by atoms with Gasteiger partial charge >= 0.3 is 12.1 Å². The third kappa shape index (κ3) is 9.21. The lowest BCUT2D eigenvalue weighted by atomic mass is 9.94. The average Bonchev–Trinajstić information content (AvgIpc) is 3.92. The number of aromatic nitrogens is 3. The molecule has 372 valence electrons. The molecule has 17 heteroatoms. The maximum Gasteiger partial charge on any atom is 0.410 e. The number of piperazine rings is 1. The molecule has 1 N–H and O–H groups in total. The first kappa shape index (κ1) is 49.6. The monoisotopic (exact) mass is 994 g/mol. The minimum atomic E-state index is -4.42. The van der Waals surface area contributed by atoms with E-state index in [1.807, 2.05) is 37.8 Å². The minimum absolute atomic E-state index is 0.00772. The number of benzene rings is 3. The fourth-order valence-corrected chi connectivity index (χ4v) is 17.8. The van der Waals surface area contributed by atoms with Crippen LogP contribution in [0, 0.1) is 23.1 Å². The van der Waals surface area contributed by atoms with Crippen molar-refractivity contribution in [3.8, 4) is 34.5 Å². The number of nitrogens with zero attached hydrogens (tertiary/aromatic N) is 6. The zero-order chi connectivity index (χ0) is 50.1. The highest BCUT2D eigenvalue weighted by molar-refractivity contribution is 7.85. The van der Waals surface area contributed by atoms with Crippen molar-refractivity contribution in [1.82, 2.24) is 24.8 Å². The molecule has 6 heterocycles. The first-order valence-corrected chi connectivity index (χ1v) is 28.2. The van der Waals surface area contributed by atoms with Gasteiger partial charge in [-0.2, -0.15) is 18.4 Å². The molecule has 4 fully saturated rings. The smallest absolute Gasteiger partial charge is 0.410 e. The zero-order valence-electron chi connectivity index (χ0n) is 41.6. The number of halogens is 2. The molecule has 2 bridgehead atoms. The SMILES string of the molecule is CC(C)[Si](C#Cc1c(F)ccc2cccc(-c3ncc4c(N5C[C@H]6CC[C@@H](C5)N6C(=O)OC(C)(C)C)nc(OC[C@@]56CCCN5C[C@H](Oc5cccc(S(=O)(=O)O)c5)C6)nc4c3F)c12)(C(C)C)C(C)C. The van der Waals surface area contributed by atoms with Crippen molar-refractivity contribution in [2.45, 2.75) is 145 Å². The molecular weight excluding hydrogens is 931 g/mol. The predicted octanol–water partition coefficient (Wildman–Crippen LogP) is 10.6. The van der Waals surface area contributed by atoms with Gasteiger partial charge in [-0.1, -0.05) is 77.8 Å². The molecule has 2 aromatic heterocycles. The number of hydrogen-bond acceptors (Lipinski definition) is 11. The van der Waals surface area contributed by atoms with E-state index in [0.717, 1.165) is 32.2 Å². The van der Waals surface area contributed by atoms with Crippen molar-refractivity contribution in [2.24, 2.45) is 0 Å². The molecule has 9 rings (SSSR count). The number of pyridine rings is 1. The lowest BCUT2D eigenvalue weighted by Crippen LogP contribution is -2.57. The highest BCUT2D eigenvalue weighted by Crippen LogP contribution is 2.44. The summed E-state index contributed by atoms with van der Waals surface area (Å²) in [4.78, 5) is 34.1. The zero-order valence-corrected chi connectivity index (χ0v) is 43.4. The third-order valence-corrected chi connectivity index (χ3v) is 22.3. The number of rotatable bonds is 11. The maximum atomic E-state index is 17.8. The number of anilines is 1. The summed E-state index contributed by atoms with van der Waals surface area (Å²) in [5.74, 6) is 2.90. The van der Waals surface area contributed by atoms with E-state index in [1.165, 1.54) is 24.3 Å². The summed E-state index contributed by atoms with van der Waals surface area (Å²) in [6, 6.07) is 14.0. The van der Waals surface area contributed by atoms with Crippen LogP contribution in [0.1, 0.15) is 100.0 Å². The molecule has 0 saturated carbocycles. The van der Waals surface area contributed by atoms with Crippen LogP contribution < -0.4 is 14.4 Å². The Morgan fingerprint density at radius 2 is 1.66 bits per heavy atom. The Labute approximate surface area is 411 Å². The van der Waals surface area contributed by atoms with Gasteiger partial charge in [-0.3, -0.25) is 19.3 Å². The van der Waals surface area contributed by atoms with Gasteiger partial charge in [0.05, 0.1) is 33.5 Å². The van der Waals surface area contributed by atoms with E-state index >= 15 is 8.78 Å². The fraction of sp³-hybridized carbons (Fsp3) is 0.509. The van der Waals surface area contributed by atoms with E-state index in [2.05, 4.69) is 62.8 Å². The normalized spacial score (nSPS) is 21.8. The number of amides is 1. The van der Waals surface area contributed by atoms with Crippen LogP contribution in [0.5, 0.6) is 11.8 Å². The molecule has 70 heavy (non-hydrogen) atoms. The number of carbonyl (C=O) groups is 1. The van der Waals surface area contributed by atoms with Crippen LogP contribution >= 0.6 is 0 Å². The Morgan fingerprint density at radius 1 is 0.957 bits per heavy atom. The van der Waals surface area contributed by atoms with Gasteiger partial charge in [-0.15, -0.1) is 5.54 Å². The van der Waals surface area contributed by atoms with Crippen molar-refractivity contribution in [3.05, 3.63) is 78.0 Å². The van der Waals surface area contributed by atoms with E-state index in [4.69, 9.17) is 29.2 Å². The summed E-state index contributed by atoms with van der Waals surface area (Å²) in [7, 11) is -6.72. The number of ether oxygens (including phenoxy) is 3. The maximum absolute atomic E-state index is 17.8. The molecule has 0 radical (unpaired) electrons. The van der Waals surface area contributed by atoms with E-state index in [1.54, 1.807) is 24.4 Å². The molecule has 4 saturated heterocycles. The second-order valence-electron chi connectivity index (χ2n) is 21.6. The van der Waals surface area contributed by atoms with Gasteiger partial charge in [0.25, 0.3) is 10.1 Å². The number of hydrogen-bond donors (Lipinski definition) is 1. The van der Waals surface area contributed by atoms with Gasteiger partial charge < -0.3 is 19.1 Å². The Bertz CT molecular complexity index is 2990. The van der Waals surface area contributed by atoms with Crippen LogP contribution in [0.4, 0.5) is 19.4 Å². The molecule has 5 aromatic rings. The fourth-order valence-electron chi connectivity index (χ4n) is 12.1. The molecule has 0 spiro atoms. The lowest BCUT2D eigenvalue weighted by Gasteiger charge is -2.42. The largest absolute Gasteiger partial charge is 0.489 e. The van der Waals surface area contributed by atoms with Crippen LogP contribution in [0.2, 0.25) is 16.6 Å². The van der Waals surface area contributed by atoms with Crippen molar-refractivity contribution >= 4 is 51.8 Å². The Hall–Kier alpha value is -5.41. The number of fused-ring (bicyclic) bond motifs is 5. The van der Waals surface area contributed by atoms with Crippen LogP contribution in [0.25, 0.3) is 32.9 Å². The first-order valence-electron chi connectivity index (χ1n) is 24.6. The molecule has 4 aliphatic heterocycles. The number of carbonyl (C=O) groups excluding carboxylic acids is 1. The predicted molar refractivity (Wildman–Crippen MR) is 270 cm³/mol. The Morgan fingerprint density at radius 3 is 2.33 bits per heavy atom. The highest BCUT2D eigenvalue weighted by Gasteiger charge is 2.51. The van der Waals surface area contributed by atoms with Gasteiger partial charge in [0.2, 0.25) is 0 Å². The van der Waals surface area contributed by atoms with Crippen molar-refractivity contribution in [1.29, 1.82) is 0 Å². The second kappa shape index (κ2) is 18.6. The van der Waals surface area contributed by atoms with Crippen molar-refractivity contribution in [3.63, 3.8) is 0 Å². The molecule has 0 unspecified atom stereocenters. The third-order valence-electron chi connectivity index (χ3n) is 15.2. The molecular formula is C53H64F2N6O7SSi. The summed E-state index contributed by atoms with van der Waals surface area (Å²) < 4.78 is 86.3. The van der Waals surface area contributed by atoms with Crippen LogP contribution in [0.15, 0.2) is 65.7 Å². The summed E-state index contributed by atoms with van der Waals surface area (Å²) in [6.07, 6.45) is 4.71. The Kier molecular flexibility index (Phi) is 13.2. The van der Waals surface area contributed by atoms with Crippen LogP contribution in [0.3, 0.4) is 0 Å². The van der Waals surface area contributed by atoms with Crippen molar-refractivity contribution in [2.75, 3.05) is 37.7 Å². The summed E-state index contributed by atoms with van der Waals surface area (Å²) in [5, 5.41) is 1.55. The first-order chi connectivity index (χ1) is 33.1. The molecule has 3 aromatic carbocycles. The summed E-state index contributed by atoms with van der Waals surface area (Å²) in [5.41, 5.74) is 4.07. The van der Waals surface area contributed by atoms with Gasteiger partial charge in [-0.05, 0) is 93.2 Å². The summed E-state index contributed by atoms with van der Waals surface area (Å²) >= 11 is 0. The molecule has 0 aliphatic carbocycles. The van der Waals surface area contributed by atoms with E-state index < -0.39 is 41.0 Å². The van der Waals surface area contributed by atoms with Crippen molar-refractivity contribution < 1.29 is 40.8 Å². The van der Waals surface area contributed by atoms with Gasteiger partial charge in [0.1, 0.15) is 55.0 Å². The van der Waals surface area contributed by atoms with E-state index in [9.17, 15) is 17.8 Å². The summed E-state index contributed by atoms with van der Waals surface area (Å²) in [6.45, 7) is 21.2. The quantitative estimate of drug-likeness (QED) is 0.0763. The molecule has 13 nitrogen and oxygen atoms in total. The topological polar surface area (TPSA) is 148 Å². The molecule has 1 amide bonds. The van der Waals surface area contributed by atoms with Gasteiger partial charge in [0, 0.05) is 49.3 Å². The molecule has 4 aliphatic rings.